The maximum Gasteiger partial charge on any atom is 0.338 e. The summed E-state index contributed by atoms with van der Waals surface area (Å²) in [5.41, 5.74) is 4.09. The summed E-state index contributed by atoms with van der Waals surface area (Å²) in [7, 11) is 0. The molecule has 0 bridgehead atoms. The highest BCUT2D eigenvalue weighted by Gasteiger charge is 2.16. The first-order valence-electron chi connectivity index (χ1n) is 13.4. The van der Waals surface area contributed by atoms with Crippen LogP contribution in [-0.4, -0.2) is 34.6 Å². The summed E-state index contributed by atoms with van der Waals surface area (Å²) in [6, 6.07) is 18.7. The number of amides is 2. The number of nitrogens with one attached hydrogen (secondary N) is 2. The van der Waals surface area contributed by atoms with Gasteiger partial charge in [0.25, 0.3) is 11.8 Å². The number of carbonyl (C=O) groups is 3. The second-order valence-electron chi connectivity index (χ2n) is 9.61. The van der Waals surface area contributed by atoms with Gasteiger partial charge in [-0.25, -0.2) is 4.79 Å². The Morgan fingerprint density at radius 3 is 1.69 bits per heavy atom. The molecule has 0 atom stereocenters. The lowest BCUT2D eigenvalue weighted by atomic mass is 10.0. The van der Waals surface area contributed by atoms with Crippen molar-refractivity contribution in [1.82, 2.24) is 0 Å². The summed E-state index contributed by atoms with van der Waals surface area (Å²) < 4.78 is 10.9. The van der Waals surface area contributed by atoms with Gasteiger partial charge in [0.2, 0.25) is 0 Å². The van der Waals surface area contributed by atoms with Gasteiger partial charge in [0.15, 0.2) is 0 Å². The Bertz CT molecular complexity index is 1660. The molecule has 0 radical (unpaired) electrons. The number of hydrogen-bond donors (Lipinski definition) is 4. The van der Waals surface area contributed by atoms with Crippen LogP contribution >= 0.6 is 0 Å². The zero-order valence-corrected chi connectivity index (χ0v) is 23.8. The van der Waals surface area contributed by atoms with Crippen LogP contribution in [0.3, 0.4) is 0 Å². The zero-order valence-electron chi connectivity index (χ0n) is 23.8. The van der Waals surface area contributed by atoms with E-state index in [2.05, 4.69) is 10.6 Å². The molecule has 9 nitrogen and oxygen atoms in total. The molecular formula is C33H32N2O7. The maximum absolute atomic E-state index is 12.9. The van der Waals surface area contributed by atoms with Crippen LogP contribution < -0.4 is 15.4 Å². The van der Waals surface area contributed by atoms with E-state index in [-0.39, 0.29) is 46.7 Å². The Labute approximate surface area is 243 Å². The first-order chi connectivity index (χ1) is 20.1. The molecule has 2 amide bonds. The summed E-state index contributed by atoms with van der Waals surface area (Å²) in [4.78, 5) is 37.8. The molecule has 42 heavy (non-hydrogen) atoms. The molecule has 216 valence electrons. The number of hydrogen-bond acceptors (Lipinski definition) is 7. The highest BCUT2D eigenvalue weighted by Crippen LogP contribution is 2.34. The summed E-state index contributed by atoms with van der Waals surface area (Å²) in [6.45, 7) is 7.65. The fraction of sp³-hybridized carbons (Fsp3) is 0.182. The van der Waals surface area contributed by atoms with Gasteiger partial charge in [0.05, 0.1) is 23.5 Å². The average molecular weight is 569 g/mol. The predicted molar refractivity (Wildman–Crippen MR) is 160 cm³/mol. The monoisotopic (exact) mass is 568 g/mol. The Balaban J connectivity index is 1.48. The van der Waals surface area contributed by atoms with Gasteiger partial charge >= 0.3 is 5.97 Å². The molecule has 0 aliphatic rings. The van der Waals surface area contributed by atoms with Crippen molar-refractivity contribution in [2.24, 2.45) is 0 Å². The van der Waals surface area contributed by atoms with E-state index in [9.17, 15) is 24.6 Å². The third-order valence-electron chi connectivity index (χ3n) is 6.64. The minimum absolute atomic E-state index is 0.0998. The highest BCUT2D eigenvalue weighted by molar-refractivity contribution is 6.06. The molecule has 4 rings (SSSR count). The first-order valence-corrected chi connectivity index (χ1v) is 13.4. The van der Waals surface area contributed by atoms with Gasteiger partial charge in [0, 0.05) is 23.3 Å². The standard InChI is InChI=1S/C33H32N2O7/c1-5-21-7-8-22(15-19(21)3)31(38)34-27-17-24(10-13-29(27)36)42-25-11-14-30(37)28(18-25)35-32(39)23-9-12-26(20(4)16-23)33(40)41-6-2/h7-18,36-37H,5-6H2,1-4H3,(H,34,38)(H,35,39). The van der Waals surface area contributed by atoms with Crippen LogP contribution in [0, 0.1) is 13.8 Å². The van der Waals surface area contributed by atoms with Crippen LogP contribution in [0.25, 0.3) is 0 Å². The number of benzene rings is 4. The van der Waals surface area contributed by atoms with Gasteiger partial charge in [-0.05, 0) is 98.5 Å². The molecule has 9 heteroatoms. The fourth-order valence-electron chi connectivity index (χ4n) is 4.36. The van der Waals surface area contributed by atoms with E-state index < -0.39 is 11.9 Å². The molecule has 4 aromatic carbocycles. The largest absolute Gasteiger partial charge is 0.506 e. The molecule has 4 N–H and O–H groups in total. The fourth-order valence-corrected chi connectivity index (χ4v) is 4.36. The van der Waals surface area contributed by atoms with Gasteiger partial charge in [-0.1, -0.05) is 13.0 Å². The lowest BCUT2D eigenvalue weighted by molar-refractivity contribution is 0.0525. The van der Waals surface area contributed by atoms with E-state index >= 15 is 0 Å². The van der Waals surface area contributed by atoms with Crippen LogP contribution in [0.15, 0.2) is 72.8 Å². The highest BCUT2D eigenvalue weighted by atomic mass is 16.5. The lowest BCUT2D eigenvalue weighted by Crippen LogP contribution is -2.14. The van der Waals surface area contributed by atoms with E-state index in [1.165, 1.54) is 48.5 Å². The van der Waals surface area contributed by atoms with Gasteiger partial charge in [-0.15, -0.1) is 0 Å². The second-order valence-corrected chi connectivity index (χ2v) is 9.61. The van der Waals surface area contributed by atoms with Crippen LogP contribution in [-0.2, 0) is 11.2 Å². The predicted octanol–water partition coefficient (Wildman–Crippen LogP) is 6.75. The molecule has 0 aromatic heterocycles. The molecule has 0 saturated carbocycles. The van der Waals surface area contributed by atoms with E-state index in [4.69, 9.17) is 9.47 Å². The van der Waals surface area contributed by atoms with Crippen molar-refractivity contribution in [2.45, 2.75) is 34.1 Å². The van der Waals surface area contributed by atoms with Crippen LogP contribution in [0.2, 0.25) is 0 Å². The zero-order chi connectivity index (χ0) is 30.4. The molecule has 0 aliphatic carbocycles. The summed E-state index contributed by atoms with van der Waals surface area (Å²) >= 11 is 0. The minimum atomic E-state index is -0.502. The quantitative estimate of drug-likeness (QED) is 0.130. The molecule has 0 heterocycles. The average Bonchev–Trinajstić information content (AvgIpc) is 2.96. The Morgan fingerprint density at radius 1 is 0.690 bits per heavy atom. The third kappa shape index (κ3) is 6.87. The van der Waals surface area contributed by atoms with Crippen molar-refractivity contribution in [3.8, 4) is 23.0 Å². The SMILES string of the molecule is CCOC(=O)c1ccc(C(=O)Nc2cc(Oc3ccc(O)c(NC(=O)c4ccc(CC)c(C)c4)c3)ccc2O)cc1C. The Morgan fingerprint density at radius 2 is 1.21 bits per heavy atom. The number of phenols is 2. The Kier molecular flexibility index (Phi) is 9.12. The van der Waals surface area contributed by atoms with E-state index in [0.29, 0.717) is 22.4 Å². The van der Waals surface area contributed by atoms with E-state index in [0.717, 1.165) is 17.5 Å². The van der Waals surface area contributed by atoms with Crippen LogP contribution in [0.5, 0.6) is 23.0 Å². The number of aromatic hydroxyl groups is 2. The summed E-state index contributed by atoms with van der Waals surface area (Å²) in [5, 5.41) is 26.1. The second kappa shape index (κ2) is 12.9. The third-order valence-corrected chi connectivity index (χ3v) is 6.64. The summed E-state index contributed by atoms with van der Waals surface area (Å²) in [6.07, 6.45) is 0.862. The molecular weight excluding hydrogens is 536 g/mol. The van der Waals surface area contributed by atoms with Gasteiger partial charge in [0.1, 0.15) is 23.0 Å². The maximum atomic E-state index is 12.9. The van der Waals surface area contributed by atoms with Gasteiger partial charge in [-0.2, -0.15) is 0 Å². The number of ether oxygens (including phenoxy) is 2. The van der Waals surface area contributed by atoms with Crippen molar-refractivity contribution >= 4 is 29.2 Å². The molecule has 0 fully saturated rings. The van der Waals surface area contributed by atoms with Crippen LogP contribution in [0.4, 0.5) is 11.4 Å². The first kappa shape index (κ1) is 29.7. The molecule has 0 unspecified atom stereocenters. The van der Waals surface area contributed by atoms with Gasteiger partial charge < -0.3 is 30.3 Å². The van der Waals surface area contributed by atoms with Crippen molar-refractivity contribution in [3.05, 3.63) is 106 Å². The minimum Gasteiger partial charge on any atom is -0.506 e. The number of anilines is 2. The molecule has 0 spiro atoms. The number of rotatable bonds is 9. The molecule has 4 aromatic rings. The number of esters is 1. The van der Waals surface area contributed by atoms with Crippen molar-refractivity contribution in [1.29, 1.82) is 0 Å². The topological polar surface area (TPSA) is 134 Å². The molecule has 0 saturated heterocycles. The number of phenolic OH excluding ortho intramolecular Hbond substituents is 2. The van der Waals surface area contributed by atoms with Gasteiger partial charge in [-0.3, -0.25) is 9.59 Å². The van der Waals surface area contributed by atoms with Crippen LogP contribution in [0.1, 0.15) is 61.6 Å². The van der Waals surface area contributed by atoms with Crippen molar-refractivity contribution in [2.75, 3.05) is 17.2 Å². The van der Waals surface area contributed by atoms with E-state index in [1.807, 2.05) is 19.9 Å². The van der Waals surface area contributed by atoms with Crippen molar-refractivity contribution in [3.63, 3.8) is 0 Å². The Hall–Kier alpha value is -5.31. The van der Waals surface area contributed by atoms with Crippen molar-refractivity contribution < 1.29 is 34.1 Å². The lowest BCUT2D eigenvalue weighted by Gasteiger charge is -2.13. The number of aryl methyl sites for hydroxylation is 3. The number of carbonyl (C=O) groups excluding carboxylic acids is 3. The molecule has 0 aliphatic heterocycles. The smallest absolute Gasteiger partial charge is 0.338 e. The van der Waals surface area contributed by atoms with E-state index in [1.54, 1.807) is 32.0 Å². The summed E-state index contributed by atoms with van der Waals surface area (Å²) in [5.74, 6) is -1.09. The normalized spacial score (nSPS) is 10.6.